The average Bonchev–Trinajstić information content (AvgIpc) is 2.50. The number of benzene rings is 2. The van der Waals surface area contributed by atoms with Gasteiger partial charge < -0.3 is 25.2 Å². The molecule has 0 heterocycles. The normalized spacial score (nSPS) is 9.81. The molecule has 2 aromatic rings. The van der Waals surface area contributed by atoms with Gasteiger partial charge in [-0.2, -0.15) is 0 Å². The maximum absolute atomic E-state index is 9.58. The molecule has 4 N–H and O–H groups in total. The highest BCUT2D eigenvalue weighted by Gasteiger charge is 2.06. The minimum Gasteiger partial charge on any atom is -0.507 e. The number of para-hydroxylation sites is 2. The maximum Gasteiger partial charge on any atom is 0.123 e. The first-order valence-electron chi connectivity index (χ1n) is 6.56. The van der Waals surface area contributed by atoms with Gasteiger partial charge in [-0.25, -0.2) is 0 Å². The van der Waals surface area contributed by atoms with Crippen LogP contribution in [0.3, 0.4) is 0 Å². The summed E-state index contributed by atoms with van der Waals surface area (Å²) in [6.07, 6.45) is 0. The molecular formula is C16H20O5. The number of aromatic hydroxyl groups is 2. The Labute approximate surface area is 123 Å². The van der Waals surface area contributed by atoms with Gasteiger partial charge in [-0.05, 0) is 12.1 Å². The highest BCUT2D eigenvalue weighted by molar-refractivity contribution is 5.74. The van der Waals surface area contributed by atoms with Crippen molar-refractivity contribution in [2.24, 2.45) is 0 Å². The van der Waals surface area contributed by atoms with Crippen molar-refractivity contribution in [2.75, 3.05) is 26.4 Å². The van der Waals surface area contributed by atoms with E-state index in [4.69, 9.17) is 10.2 Å². The number of rotatable bonds is 5. The number of phenols is 2. The highest BCUT2D eigenvalue weighted by atomic mass is 16.5. The summed E-state index contributed by atoms with van der Waals surface area (Å²) in [5.74, 6) is 0.350. The third-order valence-electron chi connectivity index (χ3n) is 2.57. The molecule has 0 aliphatic heterocycles. The van der Waals surface area contributed by atoms with Crippen LogP contribution in [-0.2, 0) is 4.74 Å². The van der Waals surface area contributed by atoms with E-state index in [0.717, 1.165) is 0 Å². The van der Waals surface area contributed by atoms with E-state index >= 15 is 0 Å². The summed E-state index contributed by atoms with van der Waals surface area (Å²) in [6, 6.07) is 13.9. The van der Waals surface area contributed by atoms with Gasteiger partial charge in [-0.1, -0.05) is 36.4 Å². The van der Waals surface area contributed by atoms with Crippen molar-refractivity contribution in [3.63, 3.8) is 0 Å². The van der Waals surface area contributed by atoms with Crippen LogP contribution in [0.15, 0.2) is 48.5 Å². The summed E-state index contributed by atoms with van der Waals surface area (Å²) < 4.78 is 4.63. The van der Waals surface area contributed by atoms with Crippen molar-refractivity contribution in [1.29, 1.82) is 0 Å². The lowest BCUT2D eigenvalue weighted by atomic mass is 10.0. The summed E-state index contributed by atoms with van der Waals surface area (Å²) in [4.78, 5) is 0. The Morgan fingerprint density at radius 3 is 1.38 bits per heavy atom. The van der Waals surface area contributed by atoms with Gasteiger partial charge in [-0.3, -0.25) is 0 Å². The van der Waals surface area contributed by atoms with E-state index in [9.17, 15) is 10.2 Å². The molecule has 0 spiro atoms. The molecule has 0 unspecified atom stereocenters. The molecule has 0 saturated heterocycles. The van der Waals surface area contributed by atoms with Crippen LogP contribution in [0.4, 0.5) is 0 Å². The summed E-state index contributed by atoms with van der Waals surface area (Å²) in [5.41, 5.74) is 1.29. The largest absolute Gasteiger partial charge is 0.507 e. The predicted octanol–water partition coefficient (Wildman–Crippen LogP) is 1.75. The monoisotopic (exact) mass is 292 g/mol. The number of ether oxygens (including phenoxy) is 1. The molecule has 5 nitrogen and oxygen atoms in total. The smallest absolute Gasteiger partial charge is 0.123 e. The number of aliphatic hydroxyl groups is 2. The average molecular weight is 292 g/mol. The van der Waals surface area contributed by atoms with E-state index in [1.807, 2.05) is 12.1 Å². The Hall–Kier alpha value is -2.08. The summed E-state index contributed by atoms with van der Waals surface area (Å²) in [7, 11) is 0. The van der Waals surface area contributed by atoms with Crippen LogP contribution in [-0.4, -0.2) is 46.9 Å². The molecule has 0 saturated carbocycles. The second kappa shape index (κ2) is 9.77. The van der Waals surface area contributed by atoms with E-state index in [0.29, 0.717) is 24.3 Å². The second-order valence-corrected chi connectivity index (χ2v) is 4.09. The highest BCUT2D eigenvalue weighted by Crippen LogP contribution is 2.34. The van der Waals surface area contributed by atoms with Crippen LogP contribution in [0.1, 0.15) is 0 Å². The van der Waals surface area contributed by atoms with Crippen molar-refractivity contribution >= 4 is 0 Å². The van der Waals surface area contributed by atoms with Gasteiger partial charge in [-0.15, -0.1) is 0 Å². The number of hydrogen-bond donors (Lipinski definition) is 4. The summed E-state index contributed by atoms with van der Waals surface area (Å²) >= 11 is 0. The number of aliphatic hydroxyl groups excluding tert-OH is 2. The van der Waals surface area contributed by atoms with Crippen LogP contribution in [0.5, 0.6) is 11.5 Å². The Bertz CT molecular complexity index is 480. The minimum atomic E-state index is 0.0278. The van der Waals surface area contributed by atoms with Crippen LogP contribution in [0.25, 0.3) is 11.1 Å². The summed E-state index contributed by atoms with van der Waals surface area (Å²) in [5, 5.41) is 35.3. The predicted molar refractivity (Wildman–Crippen MR) is 80.2 cm³/mol. The number of hydrogen-bond acceptors (Lipinski definition) is 5. The Morgan fingerprint density at radius 1 is 0.667 bits per heavy atom. The van der Waals surface area contributed by atoms with E-state index in [2.05, 4.69) is 4.74 Å². The SMILES string of the molecule is OCCOCCO.Oc1ccccc1-c1ccccc1O. The van der Waals surface area contributed by atoms with Gasteiger partial charge in [0.15, 0.2) is 0 Å². The number of phenolic OH excluding ortho intramolecular Hbond substituents is 2. The fraction of sp³-hybridized carbons (Fsp3) is 0.250. The first-order chi connectivity index (χ1) is 10.2. The van der Waals surface area contributed by atoms with Crippen LogP contribution in [0.2, 0.25) is 0 Å². The van der Waals surface area contributed by atoms with Crippen molar-refractivity contribution in [1.82, 2.24) is 0 Å². The van der Waals surface area contributed by atoms with E-state index in [-0.39, 0.29) is 24.7 Å². The fourth-order valence-electron chi connectivity index (χ4n) is 1.63. The molecule has 21 heavy (non-hydrogen) atoms. The first-order valence-corrected chi connectivity index (χ1v) is 6.56. The molecule has 0 radical (unpaired) electrons. The zero-order valence-electron chi connectivity index (χ0n) is 11.6. The third kappa shape index (κ3) is 5.83. The van der Waals surface area contributed by atoms with Gasteiger partial charge >= 0.3 is 0 Å². The standard InChI is InChI=1S/C12H10O2.C4H10O3/c13-11-7-3-1-5-9(11)10-6-2-4-8-12(10)14;5-1-3-7-4-2-6/h1-8,13-14H;5-6H,1-4H2. The van der Waals surface area contributed by atoms with Gasteiger partial charge in [0.1, 0.15) is 11.5 Å². The fourth-order valence-corrected chi connectivity index (χ4v) is 1.63. The molecule has 0 bridgehead atoms. The van der Waals surface area contributed by atoms with Gasteiger partial charge in [0.25, 0.3) is 0 Å². The third-order valence-corrected chi connectivity index (χ3v) is 2.57. The molecule has 0 amide bonds. The maximum atomic E-state index is 9.58. The zero-order chi connectivity index (χ0) is 15.5. The zero-order valence-corrected chi connectivity index (χ0v) is 11.6. The molecule has 0 atom stereocenters. The first kappa shape index (κ1) is 17.0. The Morgan fingerprint density at radius 2 is 1.05 bits per heavy atom. The quantitative estimate of drug-likeness (QED) is 0.630. The molecule has 5 heteroatoms. The van der Waals surface area contributed by atoms with E-state index in [1.54, 1.807) is 36.4 Å². The minimum absolute atomic E-state index is 0.0278. The molecule has 0 aromatic heterocycles. The Kier molecular flexibility index (Phi) is 7.89. The molecule has 0 aliphatic rings. The van der Waals surface area contributed by atoms with Gasteiger partial charge in [0.05, 0.1) is 26.4 Å². The van der Waals surface area contributed by atoms with Crippen molar-refractivity contribution in [2.45, 2.75) is 0 Å². The molecule has 2 rings (SSSR count). The van der Waals surface area contributed by atoms with Crippen LogP contribution in [0, 0.1) is 0 Å². The van der Waals surface area contributed by atoms with Crippen LogP contribution >= 0.6 is 0 Å². The second-order valence-electron chi connectivity index (χ2n) is 4.09. The van der Waals surface area contributed by atoms with E-state index < -0.39 is 0 Å². The van der Waals surface area contributed by atoms with Crippen molar-refractivity contribution in [3.05, 3.63) is 48.5 Å². The Balaban J connectivity index is 0.000000270. The van der Waals surface area contributed by atoms with E-state index in [1.165, 1.54) is 0 Å². The molecule has 114 valence electrons. The van der Waals surface area contributed by atoms with Crippen molar-refractivity contribution in [3.8, 4) is 22.6 Å². The lowest BCUT2D eigenvalue weighted by Gasteiger charge is -2.05. The van der Waals surface area contributed by atoms with Crippen LogP contribution < -0.4 is 0 Å². The molecular weight excluding hydrogens is 272 g/mol. The lowest BCUT2D eigenvalue weighted by molar-refractivity contribution is 0.0650. The van der Waals surface area contributed by atoms with Gasteiger partial charge in [0, 0.05) is 11.1 Å². The van der Waals surface area contributed by atoms with Gasteiger partial charge in [0.2, 0.25) is 0 Å². The molecule has 0 fully saturated rings. The lowest BCUT2D eigenvalue weighted by Crippen LogP contribution is -2.03. The molecule has 2 aromatic carbocycles. The summed E-state index contributed by atoms with van der Waals surface area (Å²) in [6.45, 7) is 0.696. The topological polar surface area (TPSA) is 90.2 Å². The van der Waals surface area contributed by atoms with Crippen molar-refractivity contribution < 1.29 is 25.2 Å². The molecule has 0 aliphatic carbocycles.